The number of nitrogens with zero attached hydrogens (tertiary/aromatic N) is 2. The number of hydrogen-bond acceptors (Lipinski definition) is 3. The molecule has 0 bridgehead atoms. The normalized spacial score (nSPS) is 20.2. The van der Waals surface area contributed by atoms with E-state index in [-0.39, 0.29) is 0 Å². The van der Waals surface area contributed by atoms with E-state index in [1.54, 1.807) is 0 Å². The van der Waals surface area contributed by atoms with Gasteiger partial charge in [-0.1, -0.05) is 6.92 Å². The van der Waals surface area contributed by atoms with Gasteiger partial charge in [-0.15, -0.1) is 0 Å². The fourth-order valence-electron chi connectivity index (χ4n) is 1.75. The third-order valence-electron chi connectivity index (χ3n) is 2.48. The summed E-state index contributed by atoms with van der Waals surface area (Å²) in [5.41, 5.74) is 0.895. The number of hydrogen-bond donors (Lipinski definition) is 1. The molecule has 0 saturated carbocycles. The molecule has 1 aromatic heterocycles. The summed E-state index contributed by atoms with van der Waals surface area (Å²) in [7, 11) is 0. The van der Waals surface area contributed by atoms with Crippen LogP contribution in [-0.4, -0.2) is 21.0 Å². The molecule has 76 valence electrons. The number of fused-ring (bicyclic) bond motifs is 1. The summed E-state index contributed by atoms with van der Waals surface area (Å²) in [6, 6.07) is 0. The van der Waals surface area contributed by atoms with E-state index < -0.39 is 6.16 Å². The summed E-state index contributed by atoms with van der Waals surface area (Å²) >= 11 is 0. The number of aryl methyl sites for hydroxylation is 1. The highest BCUT2D eigenvalue weighted by atomic mass is 16.7. The second kappa shape index (κ2) is 3.32. The Kier molecular flexibility index (Phi) is 2.15. The Balaban J connectivity index is 2.26. The molecule has 0 amide bonds. The smallest absolute Gasteiger partial charge is 0.449 e. The van der Waals surface area contributed by atoms with Crippen LogP contribution in [0.3, 0.4) is 0 Å². The van der Waals surface area contributed by atoms with Gasteiger partial charge in [0.1, 0.15) is 0 Å². The first-order valence-corrected chi connectivity index (χ1v) is 4.62. The molecular weight excluding hydrogens is 184 g/mol. The minimum Gasteiger partial charge on any atom is -0.449 e. The van der Waals surface area contributed by atoms with Crippen LogP contribution in [-0.2, 0) is 13.0 Å². The highest BCUT2D eigenvalue weighted by molar-refractivity contribution is 5.61. The van der Waals surface area contributed by atoms with Gasteiger partial charge in [0.2, 0.25) is 0 Å². The summed E-state index contributed by atoms with van der Waals surface area (Å²) in [6.45, 7) is 2.99. The molecule has 1 aliphatic rings. The molecule has 0 fully saturated rings. The highest BCUT2D eigenvalue weighted by Gasteiger charge is 2.21. The molecule has 1 aliphatic heterocycles. The summed E-state index contributed by atoms with van der Waals surface area (Å²) in [6.07, 6.45) is 2.12. The van der Waals surface area contributed by atoms with Crippen LogP contribution in [0.4, 0.5) is 4.79 Å². The zero-order valence-electron chi connectivity index (χ0n) is 7.93. The van der Waals surface area contributed by atoms with Crippen molar-refractivity contribution in [3.05, 3.63) is 11.9 Å². The van der Waals surface area contributed by atoms with Gasteiger partial charge in [-0.25, -0.2) is 4.79 Å². The van der Waals surface area contributed by atoms with Gasteiger partial charge in [0, 0.05) is 6.54 Å². The standard InChI is InChI=1S/C9H12N2O3/c1-6-2-3-11-7(4-6)8(5-10-11)14-9(12)13/h5-6H,2-4H2,1H3,(H,12,13). The van der Waals surface area contributed by atoms with Gasteiger partial charge in [0.15, 0.2) is 5.75 Å². The predicted molar refractivity (Wildman–Crippen MR) is 48.4 cm³/mol. The average molecular weight is 196 g/mol. The largest absolute Gasteiger partial charge is 0.511 e. The number of carbonyl (C=O) groups is 1. The third kappa shape index (κ3) is 1.57. The molecule has 0 spiro atoms. The van der Waals surface area contributed by atoms with Crippen molar-refractivity contribution in [3.63, 3.8) is 0 Å². The van der Waals surface area contributed by atoms with Gasteiger partial charge in [-0.2, -0.15) is 5.10 Å². The van der Waals surface area contributed by atoms with Crippen LogP contribution < -0.4 is 4.74 Å². The van der Waals surface area contributed by atoms with Crippen molar-refractivity contribution in [3.8, 4) is 5.75 Å². The number of carboxylic acid groups (broad SMARTS) is 1. The van der Waals surface area contributed by atoms with Crippen LogP contribution in [0.1, 0.15) is 19.0 Å². The third-order valence-corrected chi connectivity index (χ3v) is 2.48. The molecule has 1 atom stereocenters. The fraction of sp³-hybridized carbons (Fsp3) is 0.556. The Morgan fingerprint density at radius 1 is 1.79 bits per heavy atom. The maximum absolute atomic E-state index is 10.4. The maximum atomic E-state index is 10.4. The van der Waals surface area contributed by atoms with Crippen molar-refractivity contribution < 1.29 is 14.6 Å². The van der Waals surface area contributed by atoms with Crippen LogP contribution in [0.15, 0.2) is 6.20 Å². The minimum atomic E-state index is -1.28. The quantitative estimate of drug-likeness (QED) is 0.691. The van der Waals surface area contributed by atoms with Crippen molar-refractivity contribution in [2.75, 3.05) is 0 Å². The van der Waals surface area contributed by atoms with Crippen LogP contribution in [0.25, 0.3) is 0 Å². The van der Waals surface area contributed by atoms with E-state index in [0.717, 1.165) is 25.1 Å². The van der Waals surface area contributed by atoms with Gasteiger partial charge >= 0.3 is 6.16 Å². The van der Waals surface area contributed by atoms with E-state index in [1.165, 1.54) is 6.20 Å². The molecule has 1 unspecified atom stereocenters. The zero-order chi connectivity index (χ0) is 10.1. The second-order valence-electron chi connectivity index (χ2n) is 3.64. The zero-order valence-corrected chi connectivity index (χ0v) is 7.93. The topological polar surface area (TPSA) is 64.4 Å². The summed E-state index contributed by atoms with van der Waals surface area (Å²) in [5, 5.41) is 12.6. The van der Waals surface area contributed by atoms with Gasteiger partial charge in [-0.3, -0.25) is 4.68 Å². The summed E-state index contributed by atoms with van der Waals surface area (Å²) in [4.78, 5) is 10.4. The van der Waals surface area contributed by atoms with Crippen LogP contribution in [0, 0.1) is 5.92 Å². The molecule has 0 radical (unpaired) electrons. The average Bonchev–Trinajstić information content (AvgIpc) is 2.47. The first-order valence-electron chi connectivity index (χ1n) is 4.62. The maximum Gasteiger partial charge on any atom is 0.511 e. The van der Waals surface area contributed by atoms with Crippen molar-refractivity contribution in [2.24, 2.45) is 5.92 Å². The lowest BCUT2D eigenvalue weighted by Gasteiger charge is -2.19. The molecule has 1 aromatic rings. The van der Waals surface area contributed by atoms with Crippen molar-refractivity contribution >= 4 is 6.16 Å². The predicted octanol–water partition coefficient (Wildman–Crippen LogP) is 1.52. The van der Waals surface area contributed by atoms with Crippen molar-refractivity contribution in [1.29, 1.82) is 0 Å². The minimum absolute atomic E-state index is 0.379. The molecule has 2 heterocycles. The molecule has 0 saturated heterocycles. The van der Waals surface area contributed by atoms with Gasteiger partial charge in [-0.05, 0) is 18.8 Å². The number of aromatic nitrogens is 2. The lowest BCUT2D eigenvalue weighted by molar-refractivity contribution is 0.143. The Morgan fingerprint density at radius 2 is 2.57 bits per heavy atom. The summed E-state index contributed by atoms with van der Waals surface area (Å²) in [5.74, 6) is 0.944. The van der Waals surface area contributed by atoms with Crippen molar-refractivity contribution in [2.45, 2.75) is 26.3 Å². The second-order valence-corrected chi connectivity index (χ2v) is 3.64. The number of ether oxygens (including phenoxy) is 1. The molecular formula is C9H12N2O3. The van der Waals surface area contributed by atoms with Gasteiger partial charge in [0.25, 0.3) is 0 Å². The Hall–Kier alpha value is -1.52. The van der Waals surface area contributed by atoms with E-state index in [0.29, 0.717) is 11.7 Å². The van der Waals surface area contributed by atoms with E-state index in [9.17, 15) is 4.79 Å². The molecule has 2 rings (SSSR count). The molecule has 14 heavy (non-hydrogen) atoms. The van der Waals surface area contributed by atoms with Crippen LogP contribution in [0.2, 0.25) is 0 Å². The van der Waals surface area contributed by atoms with Gasteiger partial charge in [0.05, 0.1) is 11.9 Å². The van der Waals surface area contributed by atoms with Crippen LogP contribution >= 0.6 is 0 Å². The van der Waals surface area contributed by atoms with E-state index in [4.69, 9.17) is 5.11 Å². The Morgan fingerprint density at radius 3 is 3.29 bits per heavy atom. The molecule has 0 aromatic carbocycles. The van der Waals surface area contributed by atoms with Crippen molar-refractivity contribution in [1.82, 2.24) is 9.78 Å². The lowest BCUT2D eigenvalue weighted by Crippen LogP contribution is -2.18. The lowest BCUT2D eigenvalue weighted by atomic mass is 9.98. The first-order chi connectivity index (χ1) is 6.66. The summed E-state index contributed by atoms with van der Waals surface area (Å²) < 4.78 is 6.45. The van der Waals surface area contributed by atoms with E-state index in [2.05, 4.69) is 16.8 Å². The van der Waals surface area contributed by atoms with Gasteiger partial charge < -0.3 is 9.84 Å². The van der Waals surface area contributed by atoms with E-state index in [1.807, 2.05) is 4.68 Å². The first kappa shape index (κ1) is 9.05. The molecule has 1 N–H and O–H groups in total. The Labute approximate surface area is 81.3 Å². The monoisotopic (exact) mass is 196 g/mol. The van der Waals surface area contributed by atoms with Crippen LogP contribution in [0.5, 0.6) is 5.75 Å². The molecule has 0 aliphatic carbocycles. The van der Waals surface area contributed by atoms with E-state index >= 15 is 0 Å². The number of rotatable bonds is 1. The Bertz CT molecular complexity index is 359. The molecule has 5 heteroatoms. The highest BCUT2D eigenvalue weighted by Crippen LogP contribution is 2.27. The molecule has 5 nitrogen and oxygen atoms in total. The SMILES string of the molecule is CC1CCn2ncc(OC(=O)O)c2C1. The fourth-order valence-corrected chi connectivity index (χ4v) is 1.75.